The molecule has 0 radical (unpaired) electrons. The van der Waals surface area contributed by atoms with Crippen LogP contribution in [0.15, 0.2) is 54.6 Å². The van der Waals surface area contributed by atoms with Crippen molar-refractivity contribution in [3.8, 4) is 11.1 Å². The van der Waals surface area contributed by atoms with Crippen LogP contribution in [0.5, 0.6) is 0 Å². The van der Waals surface area contributed by atoms with Gasteiger partial charge in [-0.05, 0) is 28.5 Å². The summed E-state index contributed by atoms with van der Waals surface area (Å²) in [4.78, 5) is 0. The standard InChI is InChI=1S/C18H22O/c1-13(2)14(3)18(19)17-11-9-16(10-12-17)15-7-5-4-6-8-15/h4-14,18-19H,1-3H3. The average molecular weight is 254 g/mol. The largest absolute Gasteiger partial charge is 0.388 e. The summed E-state index contributed by atoms with van der Waals surface area (Å²) in [7, 11) is 0. The van der Waals surface area contributed by atoms with Gasteiger partial charge in [0.05, 0.1) is 6.10 Å². The molecule has 2 atom stereocenters. The van der Waals surface area contributed by atoms with Crippen molar-refractivity contribution in [3.05, 3.63) is 60.2 Å². The minimum Gasteiger partial charge on any atom is -0.388 e. The molecule has 19 heavy (non-hydrogen) atoms. The summed E-state index contributed by atoms with van der Waals surface area (Å²) >= 11 is 0. The Morgan fingerprint density at radius 2 is 1.26 bits per heavy atom. The van der Waals surface area contributed by atoms with Gasteiger partial charge in [0, 0.05) is 0 Å². The predicted octanol–water partition coefficient (Wildman–Crippen LogP) is 4.68. The lowest BCUT2D eigenvalue weighted by Gasteiger charge is -2.22. The van der Waals surface area contributed by atoms with Crippen molar-refractivity contribution in [2.75, 3.05) is 0 Å². The van der Waals surface area contributed by atoms with Gasteiger partial charge in [0.25, 0.3) is 0 Å². The lowest BCUT2D eigenvalue weighted by Crippen LogP contribution is -2.14. The molecule has 0 saturated carbocycles. The van der Waals surface area contributed by atoms with Crippen molar-refractivity contribution in [1.82, 2.24) is 0 Å². The number of hydrogen-bond acceptors (Lipinski definition) is 1. The van der Waals surface area contributed by atoms with Crippen LogP contribution in [0.2, 0.25) is 0 Å². The summed E-state index contributed by atoms with van der Waals surface area (Å²) in [5, 5.41) is 10.3. The van der Waals surface area contributed by atoms with Gasteiger partial charge in [0.1, 0.15) is 0 Å². The van der Waals surface area contributed by atoms with Gasteiger partial charge in [0.15, 0.2) is 0 Å². The van der Waals surface area contributed by atoms with Crippen LogP contribution in [0.25, 0.3) is 11.1 Å². The number of hydrogen-bond donors (Lipinski definition) is 1. The molecule has 0 aliphatic rings. The lowest BCUT2D eigenvalue weighted by atomic mass is 9.88. The third kappa shape index (κ3) is 3.24. The predicted molar refractivity (Wildman–Crippen MR) is 80.8 cm³/mol. The van der Waals surface area contributed by atoms with Crippen LogP contribution in [-0.4, -0.2) is 5.11 Å². The quantitative estimate of drug-likeness (QED) is 0.840. The molecular formula is C18H22O. The summed E-state index contributed by atoms with van der Waals surface area (Å²) in [6, 6.07) is 18.5. The van der Waals surface area contributed by atoms with Gasteiger partial charge in [0.2, 0.25) is 0 Å². The van der Waals surface area contributed by atoms with E-state index in [9.17, 15) is 5.11 Å². The number of aliphatic hydroxyl groups is 1. The van der Waals surface area contributed by atoms with E-state index >= 15 is 0 Å². The van der Waals surface area contributed by atoms with E-state index in [0.29, 0.717) is 5.92 Å². The van der Waals surface area contributed by atoms with E-state index in [1.54, 1.807) is 0 Å². The fourth-order valence-corrected chi connectivity index (χ4v) is 2.17. The van der Waals surface area contributed by atoms with Crippen molar-refractivity contribution >= 4 is 0 Å². The van der Waals surface area contributed by atoms with Gasteiger partial charge in [-0.1, -0.05) is 75.4 Å². The molecule has 2 aromatic rings. The molecule has 0 aliphatic heterocycles. The van der Waals surface area contributed by atoms with Gasteiger partial charge in [-0.3, -0.25) is 0 Å². The second-order valence-electron chi connectivity index (χ2n) is 5.54. The maximum absolute atomic E-state index is 10.3. The highest BCUT2D eigenvalue weighted by Crippen LogP contribution is 2.29. The Morgan fingerprint density at radius 1 is 0.737 bits per heavy atom. The minimum absolute atomic E-state index is 0.266. The first kappa shape index (κ1) is 13.8. The SMILES string of the molecule is CC(C)C(C)C(O)c1ccc(-c2ccccc2)cc1. The van der Waals surface area contributed by atoms with Crippen molar-refractivity contribution in [3.63, 3.8) is 0 Å². The Morgan fingerprint density at radius 3 is 1.79 bits per heavy atom. The van der Waals surface area contributed by atoms with E-state index < -0.39 is 0 Å². The van der Waals surface area contributed by atoms with Crippen LogP contribution >= 0.6 is 0 Å². The fraction of sp³-hybridized carbons (Fsp3) is 0.333. The van der Waals surface area contributed by atoms with Crippen molar-refractivity contribution < 1.29 is 5.11 Å². The molecule has 0 fully saturated rings. The molecular weight excluding hydrogens is 232 g/mol. The summed E-state index contributed by atoms with van der Waals surface area (Å²) in [6.07, 6.45) is -0.384. The number of rotatable bonds is 4. The second-order valence-corrected chi connectivity index (χ2v) is 5.54. The van der Waals surface area contributed by atoms with Crippen molar-refractivity contribution in [2.45, 2.75) is 26.9 Å². The third-order valence-electron chi connectivity index (χ3n) is 3.91. The topological polar surface area (TPSA) is 20.2 Å². The highest BCUT2D eigenvalue weighted by Gasteiger charge is 2.19. The summed E-state index contributed by atoms with van der Waals surface area (Å²) in [5.41, 5.74) is 3.40. The first-order valence-corrected chi connectivity index (χ1v) is 6.93. The normalized spacial score (nSPS) is 14.4. The summed E-state index contributed by atoms with van der Waals surface area (Å²) < 4.78 is 0. The molecule has 0 amide bonds. The fourth-order valence-electron chi connectivity index (χ4n) is 2.17. The monoisotopic (exact) mass is 254 g/mol. The zero-order valence-electron chi connectivity index (χ0n) is 11.9. The summed E-state index contributed by atoms with van der Waals surface area (Å²) in [6.45, 7) is 6.39. The van der Waals surface area contributed by atoms with Crippen LogP contribution in [0.1, 0.15) is 32.4 Å². The molecule has 0 heterocycles. The minimum atomic E-state index is -0.384. The van der Waals surface area contributed by atoms with E-state index in [0.717, 1.165) is 5.56 Å². The van der Waals surface area contributed by atoms with Gasteiger partial charge in [-0.25, -0.2) is 0 Å². The van der Waals surface area contributed by atoms with E-state index in [4.69, 9.17) is 0 Å². The lowest BCUT2D eigenvalue weighted by molar-refractivity contribution is 0.0921. The van der Waals surface area contributed by atoms with Gasteiger partial charge >= 0.3 is 0 Å². The van der Waals surface area contributed by atoms with Gasteiger partial charge < -0.3 is 5.11 Å². The van der Waals surface area contributed by atoms with Crippen LogP contribution in [-0.2, 0) is 0 Å². The Hall–Kier alpha value is -1.60. The summed E-state index contributed by atoms with van der Waals surface area (Å²) in [5.74, 6) is 0.742. The van der Waals surface area contributed by atoms with Crippen molar-refractivity contribution in [1.29, 1.82) is 0 Å². The number of benzene rings is 2. The molecule has 0 aliphatic carbocycles. The van der Waals surface area contributed by atoms with Crippen molar-refractivity contribution in [2.24, 2.45) is 11.8 Å². The molecule has 0 saturated heterocycles. The molecule has 1 N–H and O–H groups in total. The zero-order chi connectivity index (χ0) is 13.8. The zero-order valence-corrected chi connectivity index (χ0v) is 11.9. The highest BCUT2D eigenvalue weighted by atomic mass is 16.3. The van der Waals surface area contributed by atoms with Crippen LogP contribution in [0.4, 0.5) is 0 Å². The molecule has 2 aromatic carbocycles. The molecule has 2 rings (SSSR count). The maximum Gasteiger partial charge on any atom is 0.0818 e. The smallest absolute Gasteiger partial charge is 0.0818 e. The van der Waals surface area contributed by atoms with E-state index in [1.807, 2.05) is 30.3 Å². The Balaban J connectivity index is 2.19. The Labute approximate surface area is 115 Å². The van der Waals surface area contributed by atoms with E-state index in [2.05, 4.69) is 45.0 Å². The first-order chi connectivity index (χ1) is 9.09. The van der Waals surface area contributed by atoms with E-state index in [1.165, 1.54) is 11.1 Å². The van der Waals surface area contributed by atoms with E-state index in [-0.39, 0.29) is 12.0 Å². The Bertz CT molecular complexity index is 499. The molecule has 0 bridgehead atoms. The van der Waals surface area contributed by atoms with Crippen LogP contribution in [0, 0.1) is 11.8 Å². The van der Waals surface area contributed by atoms with Crippen LogP contribution in [0.3, 0.4) is 0 Å². The first-order valence-electron chi connectivity index (χ1n) is 6.93. The average Bonchev–Trinajstić information content (AvgIpc) is 2.46. The highest BCUT2D eigenvalue weighted by molar-refractivity contribution is 5.63. The van der Waals surface area contributed by atoms with Gasteiger partial charge in [-0.2, -0.15) is 0 Å². The maximum atomic E-state index is 10.3. The number of aliphatic hydroxyl groups excluding tert-OH is 1. The Kier molecular flexibility index (Phi) is 4.39. The van der Waals surface area contributed by atoms with Gasteiger partial charge in [-0.15, -0.1) is 0 Å². The third-order valence-corrected chi connectivity index (χ3v) is 3.91. The van der Waals surface area contributed by atoms with Crippen LogP contribution < -0.4 is 0 Å². The second kappa shape index (κ2) is 6.03. The molecule has 0 spiro atoms. The molecule has 2 unspecified atom stereocenters. The molecule has 1 heteroatoms. The molecule has 100 valence electrons. The molecule has 1 nitrogen and oxygen atoms in total. The molecule has 0 aromatic heterocycles.